The van der Waals surface area contributed by atoms with E-state index in [1.54, 1.807) is 18.2 Å². The third kappa shape index (κ3) is 6.61. The maximum Gasteiger partial charge on any atom is 0.165 e. The highest BCUT2D eigenvalue weighted by Gasteiger charge is 2.25. The number of rotatable bonds is 11. The molecule has 33 heavy (non-hydrogen) atoms. The van der Waals surface area contributed by atoms with Gasteiger partial charge in [-0.25, -0.2) is 13.2 Å². The Hall–Kier alpha value is -2.31. The van der Waals surface area contributed by atoms with E-state index in [2.05, 4.69) is 6.58 Å². The van der Waals surface area contributed by atoms with Gasteiger partial charge in [-0.15, -0.1) is 6.58 Å². The number of hydrogen-bond acceptors (Lipinski definition) is 3. The quantitative estimate of drug-likeness (QED) is 0.295. The minimum atomic E-state index is -0.991. The third-order valence-electron chi connectivity index (χ3n) is 6.23. The van der Waals surface area contributed by atoms with Crippen LogP contribution in [0, 0.1) is 17.5 Å². The van der Waals surface area contributed by atoms with Gasteiger partial charge in [0, 0.05) is 11.5 Å². The predicted octanol–water partition coefficient (Wildman–Crippen LogP) is 6.79. The molecule has 3 unspecified atom stereocenters. The van der Waals surface area contributed by atoms with Crippen molar-refractivity contribution >= 4 is 0 Å². The van der Waals surface area contributed by atoms with Gasteiger partial charge < -0.3 is 14.6 Å². The monoisotopic (exact) mass is 462 g/mol. The molecule has 3 rings (SSSR count). The highest BCUT2D eigenvalue weighted by atomic mass is 19.2. The lowest BCUT2D eigenvalue weighted by Crippen LogP contribution is -2.25. The zero-order chi connectivity index (χ0) is 23.8. The Balaban J connectivity index is 1.51. The summed E-state index contributed by atoms with van der Waals surface area (Å²) in [6.07, 6.45) is 4.93. The van der Waals surface area contributed by atoms with E-state index >= 15 is 0 Å². The minimum absolute atomic E-state index is 0.0132. The van der Waals surface area contributed by atoms with Gasteiger partial charge in [-0.05, 0) is 61.8 Å². The van der Waals surface area contributed by atoms with Crippen molar-refractivity contribution in [3.63, 3.8) is 0 Å². The van der Waals surface area contributed by atoms with E-state index in [1.807, 2.05) is 13.0 Å². The van der Waals surface area contributed by atoms with Crippen molar-refractivity contribution < 1.29 is 27.8 Å². The maximum atomic E-state index is 14.5. The largest absolute Gasteiger partial charge is 0.490 e. The van der Waals surface area contributed by atoms with Crippen LogP contribution in [0.2, 0.25) is 0 Å². The number of ether oxygens (including phenoxy) is 2. The third-order valence-corrected chi connectivity index (χ3v) is 6.23. The molecule has 1 saturated heterocycles. The summed E-state index contributed by atoms with van der Waals surface area (Å²) in [6, 6.07) is 8.06. The molecule has 2 aromatic rings. The number of aliphatic hydroxyl groups is 1. The molecule has 3 nitrogen and oxygen atoms in total. The molecular weight excluding hydrogens is 429 g/mol. The van der Waals surface area contributed by atoms with Crippen LogP contribution in [0.4, 0.5) is 13.2 Å². The van der Waals surface area contributed by atoms with Crippen molar-refractivity contribution in [2.45, 2.75) is 70.0 Å². The average Bonchev–Trinajstić information content (AvgIpc) is 2.81. The number of hydrogen-bond donors (Lipinski definition) is 1. The Morgan fingerprint density at radius 1 is 1.18 bits per heavy atom. The number of halogens is 3. The molecular formula is C27H33F3O3. The number of aryl methyl sites for hydroxylation is 1. The van der Waals surface area contributed by atoms with Crippen molar-refractivity contribution in [2.75, 3.05) is 13.2 Å². The Labute approximate surface area is 194 Å². The summed E-state index contributed by atoms with van der Waals surface area (Å²) in [7, 11) is 0. The van der Waals surface area contributed by atoms with E-state index < -0.39 is 17.7 Å². The molecule has 180 valence electrons. The standard InChI is InChI=1S/C27H33F3O3/c1-3-5-15-32-25-14-10-19(16-23(25)28)20-8-12-21(33-17-20)11-7-18-9-13-22(24(31)6-4-2)27(30)26(18)29/h3,9-10,13-14,16,20-21,24,31H,1,4-8,11-12,15,17H2,2H3. The Morgan fingerprint density at radius 3 is 2.67 bits per heavy atom. The van der Waals surface area contributed by atoms with Crippen LogP contribution in [-0.2, 0) is 11.2 Å². The summed E-state index contributed by atoms with van der Waals surface area (Å²) in [6.45, 7) is 6.35. The first-order chi connectivity index (χ1) is 15.9. The van der Waals surface area contributed by atoms with Crippen LogP contribution in [0.5, 0.6) is 5.75 Å². The molecule has 2 aromatic carbocycles. The zero-order valence-electron chi connectivity index (χ0n) is 19.2. The van der Waals surface area contributed by atoms with Crippen LogP contribution in [0.1, 0.15) is 74.2 Å². The molecule has 3 atom stereocenters. The van der Waals surface area contributed by atoms with Crippen LogP contribution in [0.15, 0.2) is 43.0 Å². The van der Waals surface area contributed by atoms with Crippen molar-refractivity contribution in [2.24, 2.45) is 0 Å². The minimum Gasteiger partial charge on any atom is -0.490 e. The SMILES string of the molecule is C=CCCOc1ccc(C2CCC(CCc3ccc(C(O)CCC)c(F)c3F)OC2)cc1F. The number of aliphatic hydroxyl groups excluding tert-OH is 1. The molecule has 0 bridgehead atoms. The lowest BCUT2D eigenvalue weighted by atomic mass is 9.89. The second-order valence-electron chi connectivity index (χ2n) is 8.63. The summed E-state index contributed by atoms with van der Waals surface area (Å²) in [4.78, 5) is 0. The molecule has 0 radical (unpaired) electrons. The molecule has 6 heteroatoms. The summed E-state index contributed by atoms with van der Waals surface area (Å²) in [5.74, 6) is -1.91. The molecule has 1 aliphatic rings. The lowest BCUT2D eigenvalue weighted by molar-refractivity contribution is -0.000732. The van der Waals surface area contributed by atoms with Crippen molar-refractivity contribution in [3.05, 3.63) is 77.1 Å². The van der Waals surface area contributed by atoms with E-state index in [0.29, 0.717) is 50.9 Å². The fourth-order valence-electron chi connectivity index (χ4n) is 4.24. The van der Waals surface area contributed by atoms with Crippen LogP contribution in [0.25, 0.3) is 0 Å². The smallest absolute Gasteiger partial charge is 0.165 e. The van der Waals surface area contributed by atoms with Gasteiger partial charge in [-0.2, -0.15) is 0 Å². The molecule has 1 heterocycles. The lowest BCUT2D eigenvalue weighted by Gasteiger charge is -2.29. The molecule has 1 aliphatic heterocycles. The van der Waals surface area contributed by atoms with Crippen molar-refractivity contribution in [3.8, 4) is 5.75 Å². The summed E-state index contributed by atoms with van der Waals surface area (Å²) >= 11 is 0. The summed E-state index contributed by atoms with van der Waals surface area (Å²) < 4.78 is 54.6. The Kier molecular flexibility index (Phi) is 9.39. The van der Waals surface area contributed by atoms with Crippen LogP contribution in [0.3, 0.4) is 0 Å². The molecule has 1 N–H and O–H groups in total. The van der Waals surface area contributed by atoms with Gasteiger partial charge in [0.15, 0.2) is 23.2 Å². The fourth-order valence-corrected chi connectivity index (χ4v) is 4.24. The molecule has 0 aliphatic carbocycles. The first-order valence-corrected chi connectivity index (χ1v) is 11.7. The van der Waals surface area contributed by atoms with Crippen molar-refractivity contribution in [1.82, 2.24) is 0 Å². The Morgan fingerprint density at radius 2 is 2.00 bits per heavy atom. The van der Waals surface area contributed by atoms with Gasteiger partial charge in [0.05, 0.1) is 25.4 Å². The van der Waals surface area contributed by atoms with Crippen LogP contribution >= 0.6 is 0 Å². The molecule has 1 fully saturated rings. The normalized spacial score (nSPS) is 19.3. The van der Waals surface area contributed by atoms with E-state index in [9.17, 15) is 18.3 Å². The van der Waals surface area contributed by atoms with Crippen molar-refractivity contribution in [1.29, 1.82) is 0 Å². The second-order valence-corrected chi connectivity index (χ2v) is 8.63. The molecule has 0 spiro atoms. The van der Waals surface area contributed by atoms with Gasteiger partial charge >= 0.3 is 0 Å². The Bertz CT molecular complexity index is 923. The highest BCUT2D eigenvalue weighted by Crippen LogP contribution is 2.32. The first kappa shape index (κ1) is 25.3. The van der Waals surface area contributed by atoms with Gasteiger partial charge in [0.25, 0.3) is 0 Å². The molecule has 0 saturated carbocycles. The van der Waals surface area contributed by atoms with E-state index in [4.69, 9.17) is 9.47 Å². The topological polar surface area (TPSA) is 38.7 Å². The first-order valence-electron chi connectivity index (χ1n) is 11.7. The van der Waals surface area contributed by atoms with E-state index in [-0.39, 0.29) is 29.2 Å². The highest BCUT2D eigenvalue weighted by molar-refractivity contribution is 5.32. The fraction of sp³-hybridized carbons (Fsp3) is 0.481. The summed E-state index contributed by atoms with van der Waals surface area (Å²) in [5, 5.41) is 9.99. The maximum absolute atomic E-state index is 14.5. The predicted molar refractivity (Wildman–Crippen MR) is 123 cm³/mol. The summed E-state index contributed by atoms with van der Waals surface area (Å²) in [5.41, 5.74) is 1.18. The van der Waals surface area contributed by atoms with Gasteiger partial charge in [0.2, 0.25) is 0 Å². The van der Waals surface area contributed by atoms with Gasteiger partial charge in [-0.3, -0.25) is 0 Å². The second kappa shape index (κ2) is 12.2. The molecule has 0 aromatic heterocycles. The average molecular weight is 463 g/mol. The zero-order valence-corrected chi connectivity index (χ0v) is 19.2. The van der Waals surface area contributed by atoms with Crippen LogP contribution < -0.4 is 4.74 Å². The van der Waals surface area contributed by atoms with E-state index in [1.165, 1.54) is 12.1 Å². The molecule has 0 amide bonds. The van der Waals surface area contributed by atoms with Crippen LogP contribution in [-0.4, -0.2) is 24.4 Å². The van der Waals surface area contributed by atoms with Gasteiger partial charge in [-0.1, -0.05) is 37.6 Å². The number of benzene rings is 2. The van der Waals surface area contributed by atoms with E-state index in [0.717, 1.165) is 18.4 Å². The van der Waals surface area contributed by atoms with Gasteiger partial charge in [0.1, 0.15) is 0 Å².